The number of carbonyl (C=O) groups excluding carboxylic acids is 1. The molecule has 0 aliphatic heterocycles. The molecule has 0 bridgehead atoms. The van der Waals surface area contributed by atoms with Crippen molar-refractivity contribution in [2.45, 2.75) is 33.1 Å². The Morgan fingerprint density at radius 3 is 2.71 bits per heavy atom. The SMILES string of the molecule is CCC(CC)(CN)C(=O)NCCc1ncn[nH]1. The van der Waals surface area contributed by atoms with Crippen molar-refractivity contribution in [1.29, 1.82) is 0 Å². The molecule has 0 atom stereocenters. The summed E-state index contributed by atoms with van der Waals surface area (Å²) in [5.74, 6) is 0.807. The van der Waals surface area contributed by atoms with Crippen LogP contribution in [0.4, 0.5) is 0 Å². The van der Waals surface area contributed by atoms with Gasteiger partial charge in [-0.1, -0.05) is 13.8 Å². The van der Waals surface area contributed by atoms with Crippen LogP contribution in [0.5, 0.6) is 0 Å². The molecule has 0 aliphatic rings. The maximum atomic E-state index is 12.0. The molecule has 1 aromatic rings. The molecular weight excluding hydrogens is 218 g/mol. The first kappa shape index (κ1) is 13.6. The van der Waals surface area contributed by atoms with Gasteiger partial charge in [0.25, 0.3) is 0 Å². The summed E-state index contributed by atoms with van der Waals surface area (Å²) >= 11 is 0. The first-order chi connectivity index (χ1) is 8.18. The Balaban J connectivity index is 2.42. The van der Waals surface area contributed by atoms with Crippen molar-refractivity contribution in [2.75, 3.05) is 13.1 Å². The van der Waals surface area contributed by atoms with E-state index in [1.165, 1.54) is 6.33 Å². The number of hydrogen-bond donors (Lipinski definition) is 3. The van der Waals surface area contributed by atoms with Crippen LogP contribution in [-0.4, -0.2) is 34.2 Å². The molecular formula is C11H21N5O. The average Bonchev–Trinajstić information content (AvgIpc) is 2.85. The quantitative estimate of drug-likeness (QED) is 0.634. The average molecular weight is 239 g/mol. The predicted octanol–water partition coefficient (Wildman–Crippen LogP) is 0.229. The number of nitrogens with zero attached hydrogens (tertiary/aromatic N) is 2. The van der Waals surface area contributed by atoms with Gasteiger partial charge >= 0.3 is 0 Å². The number of H-pyrrole nitrogens is 1. The first-order valence-electron chi connectivity index (χ1n) is 6.01. The van der Waals surface area contributed by atoms with E-state index in [-0.39, 0.29) is 5.91 Å². The highest BCUT2D eigenvalue weighted by Crippen LogP contribution is 2.24. The lowest BCUT2D eigenvalue weighted by Gasteiger charge is -2.28. The normalized spacial score (nSPS) is 11.5. The molecule has 0 aromatic carbocycles. The monoisotopic (exact) mass is 239 g/mol. The number of carbonyl (C=O) groups is 1. The van der Waals surface area contributed by atoms with Crippen LogP contribution in [0, 0.1) is 5.41 Å². The number of nitrogens with one attached hydrogen (secondary N) is 2. The van der Waals surface area contributed by atoms with Crippen molar-refractivity contribution in [3.63, 3.8) is 0 Å². The van der Waals surface area contributed by atoms with E-state index < -0.39 is 5.41 Å². The van der Waals surface area contributed by atoms with Gasteiger partial charge in [0.15, 0.2) is 0 Å². The Hall–Kier alpha value is -1.43. The molecule has 1 amide bonds. The number of hydrogen-bond acceptors (Lipinski definition) is 4. The number of aromatic nitrogens is 3. The molecule has 0 saturated heterocycles. The first-order valence-corrected chi connectivity index (χ1v) is 6.01. The third-order valence-electron chi connectivity index (χ3n) is 3.34. The second kappa shape index (κ2) is 6.34. The predicted molar refractivity (Wildman–Crippen MR) is 65.2 cm³/mol. The zero-order chi connectivity index (χ0) is 12.7. The Morgan fingerprint density at radius 1 is 1.53 bits per heavy atom. The minimum Gasteiger partial charge on any atom is -0.355 e. The second-order valence-electron chi connectivity index (χ2n) is 4.13. The fourth-order valence-corrected chi connectivity index (χ4v) is 1.79. The molecule has 1 aromatic heterocycles. The number of aromatic amines is 1. The van der Waals surface area contributed by atoms with Gasteiger partial charge in [-0.2, -0.15) is 5.10 Å². The standard InChI is InChI=1S/C11H21N5O/c1-3-11(4-2,7-12)10(17)13-6-5-9-14-8-15-16-9/h8H,3-7,12H2,1-2H3,(H,13,17)(H,14,15,16). The fraction of sp³-hybridized carbons (Fsp3) is 0.727. The summed E-state index contributed by atoms with van der Waals surface area (Å²) < 4.78 is 0. The third kappa shape index (κ3) is 3.26. The molecule has 17 heavy (non-hydrogen) atoms. The topological polar surface area (TPSA) is 96.7 Å². The van der Waals surface area contributed by atoms with Crippen molar-refractivity contribution in [3.8, 4) is 0 Å². The highest BCUT2D eigenvalue weighted by molar-refractivity contribution is 5.82. The van der Waals surface area contributed by atoms with Gasteiger partial charge in [0.1, 0.15) is 12.2 Å². The highest BCUT2D eigenvalue weighted by Gasteiger charge is 2.32. The van der Waals surface area contributed by atoms with Gasteiger partial charge in [-0.3, -0.25) is 9.89 Å². The van der Waals surface area contributed by atoms with E-state index in [4.69, 9.17) is 5.73 Å². The van der Waals surface area contributed by atoms with E-state index in [0.29, 0.717) is 19.5 Å². The molecule has 0 fully saturated rings. The van der Waals surface area contributed by atoms with E-state index in [0.717, 1.165) is 18.7 Å². The fourth-order valence-electron chi connectivity index (χ4n) is 1.79. The molecule has 4 N–H and O–H groups in total. The summed E-state index contributed by atoms with van der Waals surface area (Å²) in [7, 11) is 0. The lowest BCUT2D eigenvalue weighted by Crippen LogP contribution is -2.45. The zero-order valence-electron chi connectivity index (χ0n) is 10.5. The molecule has 96 valence electrons. The van der Waals surface area contributed by atoms with Gasteiger partial charge < -0.3 is 11.1 Å². The molecule has 6 nitrogen and oxygen atoms in total. The van der Waals surface area contributed by atoms with Crippen LogP contribution in [0.2, 0.25) is 0 Å². The molecule has 0 saturated carbocycles. The lowest BCUT2D eigenvalue weighted by molar-refractivity contribution is -0.131. The van der Waals surface area contributed by atoms with Crippen LogP contribution in [0.25, 0.3) is 0 Å². The summed E-state index contributed by atoms with van der Waals surface area (Å²) in [6.45, 7) is 4.92. The summed E-state index contributed by atoms with van der Waals surface area (Å²) in [5, 5.41) is 9.41. The molecule has 0 radical (unpaired) electrons. The van der Waals surface area contributed by atoms with Crippen LogP contribution < -0.4 is 11.1 Å². The van der Waals surface area contributed by atoms with Crippen molar-refractivity contribution >= 4 is 5.91 Å². The van der Waals surface area contributed by atoms with Crippen molar-refractivity contribution < 1.29 is 4.79 Å². The molecule has 0 aliphatic carbocycles. The van der Waals surface area contributed by atoms with Gasteiger partial charge in [-0.25, -0.2) is 4.98 Å². The van der Waals surface area contributed by atoms with Crippen LogP contribution >= 0.6 is 0 Å². The maximum Gasteiger partial charge on any atom is 0.227 e. The van der Waals surface area contributed by atoms with Gasteiger partial charge in [0, 0.05) is 19.5 Å². The molecule has 6 heteroatoms. The molecule has 1 rings (SSSR count). The summed E-state index contributed by atoms with van der Waals surface area (Å²) in [4.78, 5) is 16.0. The maximum absolute atomic E-state index is 12.0. The lowest BCUT2D eigenvalue weighted by atomic mass is 9.81. The Labute approximate surface area is 101 Å². The Morgan fingerprint density at radius 2 is 2.24 bits per heavy atom. The Bertz CT molecular complexity index is 323. The van der Waals surface area contributed by atoms with E-state index in [9.17, 15) is 4.79 Å². The summed E-state index contributed by atoms with van der Waals surface area (Å²) in [6.07, 6.45) is 3.63. The largest absolute Gasteiger partial charge is 0.355 e. The van der Waals surface area contributed by atoms with Crippen molar-refractivity contribution in [1.82, 2.24) is 20.5 Å². The van der Waals surface area contributed by atoms with E-state index in [2.05, 4.69) is 20.5 Å². The highest BCUT2D eigenvalue weighted by atomic mass is 16.2. The van der Waals surface area contributed by atoms with E-state index in [1.807, 2.05) is 13.8 Å². The third-order valence-corrected chi connectivity index (χ3v) is 3.34. The van der Waals surface area contributed by atoms with Gasteiger partial charge in [0.2, 0.25) is 5.91 Å². The molecule has 0 spiro atoms. The number of amides is 1. The summed E-state index contributed by atoms with van der Waals surface area (Å²) in [5.41, 5.74) is 5.28. The van der Waals surface area contributed by atoms with Crippen LogP contribution in [0.15, 0.2) is 6.33 Å². The molecule has 0 unspecified atom stereocenters. The number of rotatable bonds is 7. The summed E-state index contributed by atoms with van der Waals surface area (Å²) in [6, 6.07) is 0. The van der Waals surface area contributed by atoms with Crippen LogP contribution in [-0.2, 0) is 11.2 Å². The minimum atomic E-state index is -0.429. The smallest absolute Gasteiger partial charge is 0.227 e. The Kier molecular flexibility index (Phi) is 5.09. The van der Waals surface area contributed by atoms with Crippen LogP contribution in [0.3, 0.4) is 0 Å². The van der Waals surface area contributed by atoms with Gasteiger partial charge in [0.05, 0.1) is 5.41 Å². The van der Waals surface area contributed by atoms with Crippen LogP contribution in [0.1, 0.15) is 32.5 Å². The second-order valence-corrected chi connectivity index (χ2v) is 4.13. The zero-order valence-corrected chi connectivity index (χ0v) is 10.5. The van der Waals surface area contributed by atoms with E-state index in [1.54, 1.807) is 0 Å². The van der Waals surface area contributed by atoms with Gasteiger partial charge in [-0.05, 0) is 12.8 Å². The molecule has 1 heterocycles. The van der Waals surface area contributed by atoms with E-state index >= 15 is 0 Å². The van der Waals surface area contributed by atoms with Crippen molar-refractivity contribution in [2.24, 2.45) is 11.1 Å². The number of nitrogens with two attached hydrogens (primary N) is 1. The minimum absolute atomic E-state index is 0.0320. The van der Waals surface area contributed by atoms with Crippen molar-refractivity contribution in [3.05, 3.63) is 12.2 Å². The van der Waals surface area contributed by atoms with Gasteiger partial charge in [-0.15, -0.1) is 0 Å².